The summed E-state index contributed by atoms with van der Waals surface area (Å²) in [6.07, 6.45) is 4.96. The van der Waals surface area contributed by atoms with E-state index in [4.69, 9.17) is 33.2 Å². The highest BCUT2D eigenvalue weighted by Crippen LogP contribution is 2.29. The molecule has 0 aromatic rings. The van der Waals surface area contributed by atoms with Crippen LogP contribution < -0.4 is 0 Å². The predicted molar refractivity (Wildman–Crippen MR) is 70.6 cm³/mol. The standard InChI is InChI=1S/C10H21Cl3Si/c1-9(2)5-4-6-10(3)7-8-14(11,12)13/h9-10H,4-8H2,1-3H3. The summed E-state index contributed by atoms with van der Waals surface area (Å²) in [5, 5.41) is 0. The third kappa shape index (κ3) is 11.2. The second kappa shape index (κ2) is 7.37. The zero-order valence-electron chi connectivity index (χ0n) is 9.32. The Hall–Kier alpha value is 1.09. The van der Waals surface area contributed by atoms with Gasteiger partial charge in [0.1, 0.15) is 0 Å². The maximum absolute atomic E-state index is 5.83. The molecule has 0 radical (unpaired) electrons. The third-order valence-electron chi connectivity index (χ3n) is 2.40. The normalized spacial score (nSPS) is 14.8. The summed E-state index contributed by atoms with van der Waals surface area (Å²) in [6, 6.07) is -1.56. The molecule has 0 aliphatic rings. The van der Waals surface area contributed by atoms with Gasteiger partial charge in [0.05, 0.1) is 0 Å². The molecule has 0 spiro atoms. The number of halogens is 3. The van der Waals surface area contributed by atoms with Crippen LogP contribution in [0.5, 0.6) is 0 Å². The van der Waals surface area contributed by atoms with E-state index in [1.807, 2.05) is 0 Å². The van der Waals surface area contributed by atoms with E-state index in [2.05, 4.69) is 20.8 Å². The topological polar surface area (TPSA) is 0 Å². The number of hydrogen-bond donors (Lipinski definition) is 0. The molecule has 0 N–H and O–H groups in total. The Morgan fingerprint density at radius 2 is 1.50 bits per heavy atom. The van der Waals surface area contributed by atoms with Crippen molar-refractivity contribution < 1.29 is 0 Å². The zero-order chi connectivity index (χ0) is 11.2. The minimum Gasteiger partial charge on any atom is -0.126 e. The van der Waals surface area contributed by atoms with Crippen molar-refractivity contribution in [2.45, 2.75) is 52.5 Å². The van der Waals surface area contributed by atoms with Gasteiger partial charge in [-0.3, -0.25) is 0 Å². The molecule has 1 unspecified atom stereocenters. The summed E-state index contributed by atoms with van der Waals surface area (Å²) in [5.41, 5.74) is 0. The molecular weight excluding hydrogens is 255 g/mol. The smallest absolute Gasteiger partial charge is 0.126 e. The second-order valence-corrected chi connectivity index (χ2v) is 13.9. The zero-order valence-corrected chi connectivity index (χ0v) is 12.6. The fourth-order valence-corrected chi connectivity index (χ4v) is 3.23. The highest BCUT2D eigenvalue weighted by Gasteiger charge is 2.24. The fraction of sp³-hybridized carbons (Fsp3) is 1.00. The van der Waals surface area contributed by atoms with Gasteiger partial charge in [-0.05, 0) is 24.3 Å². The van der Waals surface area contributed by atoms with Crippen molar-refractivity contribution in [3.05, 3.63) is 0 Å². The van der Waals surface area contributed by atoms with Crippen LogP contribution >= 0.6 is 33.2 Å². The fourth-order valence-electron chi connectivity index (χ4n) is 1.43. The molecule has 0 nitrogen and oxygen atoms in total. The summed E-state index contributed by atoms with van der Waals surface area (Å²) in [6.45, 7) is 6.78. The molecule has 0 bridgehead atoms. The molecule has 0 aliphatic carbocycles. The molecule has 0 heterocycles. The van der Waals surface area contributed by atoms with E-state index in [1.54, 1.807) is 0 Å². The largest absolute Gasteiger partial charge is 0.341 e. The van der Waals surface area contributed by atoms with Crippen molar-refractivity contribution in [2.24, 2.45) is 11.8 Å². The van der Waals surface area contributed by atoms with Crippen LogP contribution in [0.3, 0.4) is 0 Å². The first-order chi connectivity index (χ1) is 6.31. The molecule has 0 fully saturated rings. The molecule has 4 heteroatoms. The highest BCUT2D eigenvalue weighted by molar-refractivity contribution is 7.64. The average molecular weight is 276 g/mol. The van der Waals surface area contributed by atoms with Crippen LogP contribution in [0.4, 0.5) is 0 Å². The van der Waals surface area contributed by atoms with Crippen molar-refractivity contribution in [1.29, 1.82) is 0 Å². The van der Waals surface area contributed by atoms with Crippen molar-refractivity contribution >= 4 is 39.2 Å². The monoisotopic (exact) mass is 274 g/mol. The summed E-state index contributed by atoms with van der Waals surface area (Å²) < 4.78 is 0. The van der Waals surface area contributed by atoms with Crippen LogP contribution in [-0.2, 0) is 0 Å². The quantitative estimate of drug-likeness (QED) is 0.425. The molecule has 14 heavy (non-hydrogen) atoms. The van der Waals surface area contributed by atoms with Crippen LogP contribution in [0.1, 0.15) is 46.5 Å². The van der Waals surface area contributed by atoms with E-state index in [1.165, 1.54) is 19.3 Å². The van der Waals surface area contributed by atoms with Crippen molar-refractivity contribution in [2.75, 3.05) is 0 Å². The Kier molecular flexibility index (Phi) is 7.95. The molecule has 1 atom stereocenters. The van der Waals surface area contributed by atoms with Gasteiger partial charge in [-0.15, -0.1) is 33.2 Å². The molecule has 86 valence electrons. The molecular formula is C10H21Cl3Si. The van der Waals surface area contributed by atoms with Gasteiger partial charge in [0.25, 0.3) is 0 Å². The van der Waals surface area contributed by atoms with E-state index in [0.717, 1.165) is 18.4 Å². The van der Waals surface area contributed by atoms with E-state index in [0.29, 0.717) is 5.92 Å². The summed E-state index contributed by atoms with van der Waals surface area (Å²) in [5.74, 6) is 1.52. The van der Waals surface area contributed by atoms with Crippen LogP contribution in [0, 0.1) is 11.8 Å². The van der Waals surface area contributed by atoms with Gasteiger partial charge >= 0.3 is 6.00 Å². The van der Waals surface area contributed by atoms with E-state index in [9.17, 15) is 0 Å². The van der Waals surface area contributed by atoms with Gasteiger partial charge in [-0.25, -0.2) is 0 Å². The molecule has 0 rings (SSSR count). The van der Waals surface area contributed by atoms with Gasteiger partial charge in [0.2, 0.25) is 0 Å². The van der Waals surface area contributed by atoms with Gasteiger partial charge in [0.15, 0.2) is 0 Å². The highest BCUT2D eigenvalue weighted by atomic mass is 35.8. The Labute approximate surface area is 103 Å². The molecule has 0 saturated heterocycles. The maximum atomic E-state index is 5.83. The SMILES string of the molecule is CC(C)CCCC(C)CC[Si](Cl)(Cl)Cl. The lowest BCUT2D eigenvalue weighted by atomic mass is 9.98. The van der Waals surface area contributed by atoms with Crippen LogP contribution in [-0.4, -0.2) is 6.00 Å². The van der Waals surface area contributed by atoms with Crippen molar-refractivity contribution in [1.82, 2.24) is 0 Å². The van der Waals surface area contributed by atoms with E-state index < -0.39 is 6.00 Å². The third-order valence-corrected chi connectivity index (χ3v) is 4.96. The molecule has 0 aromatic heterocycles. The molecule has 0 saturated carbocycles. The Bertz CT molecular complexity index is 143. The lowest BCUT2D eigenvalue weighted by Gasteiger charge is -2.14. The summed E-state index contributed by atoms with van der Waals surface area (Å²) in [4.78, 5) is 0. The Morgan fingerprint density at radius 1 is 0.929 bits per heavy atom. The summed E-state index contributed by atoms with van der Waals surface area (Å²) >= 11 is 17.5. The number of rotatable bonds is 7. The first-order valence-electron chi connectivity index (χ1n) is 5.38. The van der Waals surface area contributed by atoms with Gasteiger partial charge < -0.3 is 0 Å². The van der Waals surface area contributed by atoms with E-state index in [-0.39, 0.29) is 0 Å². The second-order valence-electron chi connectivity index (χ2n) is 4.58. The maximum Gasteiger partial charge on any atom is 0.341 e. The van der Waals surface area contributed by atoms with Gasteiger partial charge in [-0.1, -0.05) is 40.0 Å². The van der Waals surface area contributed by atoms with E-state index >= 15 is 0 Å². The lowest BCUT2D eigenvalue weighted by Crippen LogP contribution is -2.10. The van der Waals surface area contributed by atoms with Crippen molar-refractivity contribution in [3.63, 3.8) is 0 Å². The molecule has 0 aromatic carbocycles. The van der Waals surface area contributed by atoms with Crippen LogP contribution in [0.2, 0.25) is 6.04 Å². The van der Waals surface area contributed by atoms with Gasteiger partial charge in [-0.2, -0.15) is 0 Å². The Balaban J connectivity index is 3.42. The average Bonchev–Trinajstić information content (AvgIpc) is 1.99. The minimum atomic E-state index is -2.36. The Morgan fingerprint density at radius 3 is 1.93 bits per heavy atom. The minimum absolute atomic E-state index is 0.705. The van der Waals surface area contributed by atoms with Crippen molar-refractivity contribution in [3.8, 4) is 0 Å². The molecule has 0 amide bonds. The lowest BCUT2D eigenvalue weighted by molar-refractivity contribution is 0.448. The van der Waals surface area contributed by atoms with Crippen LogP contribution in [0.15, 0.2) is 0 Å². The predicted octanol–water partition coefficient (Wildman–Crippen LogP) is 5.49. The van der Waals surface area contributed by atoms with Crippen LogP contribution in [0.25, 0.3) is 0 Å². The molecule has 0 aliphatic heterocycles. The first-order valence-corrected chi connectivity index (χ1v) is 10.6. The number of hydrogen-bond acceptors (Lipinski definition) is 0. The first kappa shape index (κ1) is 15.1. The van der Waals surface area contributed by atoms with Gasteiger partial charge in [0, 0.05) is 0 Å². The summed E-state index contributed by atoms with van der Waals surface area (Å²) in [7, 11) is 0.